The lowest BCUT2D eigenvalue weighted by Gasteiger charge is -2.19. The van der Waals surface area contributed by atoms with Crippen molar-refractivity contribution in [3.05, 3.63) is 87.8 Å². The Kier molecular flexibility index (Phi) is 5.28. The van der Waals surface area contributed by atoms with E-state index in [1.807, 2.05) is 0 Å². The number of aromatic nitrogens is 3. The molecule has 34 heavy (non-hydrogen) atoms. The lowest BCUT2D eigenvalue weighted by Crippen LogP contribution is -2.21. The van der Waals surface area contributed by atoms with Crippen molar-refractivity contribution in [2.45, 2.75) is 12.8 Å². The summed E-state index contributed by atoms with van der Waals surface area (Å²) >= 11 is 0. The van der Waals surface area contributed by atoms with Crippen molar-refractivity contribution in [3.8, 4) is 28.2 Å². The van der Waals surface area contributed by atoms with Crippen molar-refractivity contribution in [1.82, 2.24) is 20.7 Å². The number of carbonyl (C=O) groups is 1. The van der Waals surface area contributed by atoms with Gasteiger partial charge in [0.1, 0.15) is 23.3 Å². The van der Waals surface area contributed by atoms with E-state index < -0.39 is 12.2 Å². The second-order valence-corrected chi connectivity index (χ2v) is 7.63. The largest absolute Gasteiger partial charge is 0.508 e. The van der Waals surface area contributed by atoms with Gasteiger partial charge in [0, 0.05) is 47.1 Å². The monoisotopic (exact) mass is 457 g/mol. The summed E-state index contributed by atoms with van der Waals surface area (Å²) < 4.78 is 5.83. The van der Waals surface area contributed by atoms with E-state index in [4.69, 9.17) is 4.42 Å². The number of benzene rings is 3. The third-order valence-corrected chi connectivity index (χ3v) is 5.44. The molecule has 1 atom stereocenters. The van der Waals surface area contributed by atoms with Crippen LogP contribution in [0.15, 0.2) is 70.0 Å². The molecule has 10 nitrogen and oxygen atoms in total. The van der Waals surface area contributed by atoms with Crippen LogP contribution in [0.25, 0.3) is 33.4 Å². The Balaban J connectivity index is 1.66. The molecule has 5 rings (SSSR count). The Hall–Kier alpha value is -4.54. The first-order chi connectivity index (χ1) is 16.4. The molecule has 0 amide bonds. The number of rotatable bonds is 6. The van der Waals surface area contributed by atoms with E-state index in [1.54, 1.807) is 24.3 Å². The lowest BCUT2D eigenvalue weighted by molar-refractivity contribution is 0.0697. The number of hydrogen-bond donors (Lipinski definition) is 4. The summed E-state index contributed by atoms with van der Waals surface area (Å²) in [5.41, 5.74) is 2.26. The van der Waals surface area contributed by atoms with Crippen LogP contribution in [0.5, 0.6) is 5.75 Å². The molecule has 0 spiro atoms. The van der Waals surface area contributed by atoms with Gasteiger partial charge in [-0.2, -0.15) is 0 Å². The zero-order chi connectivity index (χ0) is 23.8. The molecule has 170 valence electrons. The van der Waals surface area contributed by atoms with Crippen LogP contribution in [-0.2, 0) is 6.54 Å². The Morgan fingerprint density at radius 1 is 1.09 bits per heavy atom. The predicted octanol–water partition coefficient (Wildman–Crippen LogP) is 2.50. The van der Waals surface area contributed by atoms with Crippen LogP contribution < -0.4 is 16.0 Å². The third kappa shape index (κ3) is 3.87. The van der Waals surface area contributed by atoms with Gasteiger partial charge < -0.3 is 35.1 Å². The first-order valence-electron chi connectivity index (χ1n) is 10.2. The highest BCUT2D eigenvalue weighted by molar-refractivity contribution is 6.07. The highest BCUT2D eigenvalue weighted by atomic mass is 16.4. The zero-order valence-corrected chi connectivity index (χ0v) is 17.5. The SMILES string of the molecule is O=C(O)c1cc(C(O)NCc2cn[n-]n2)ccc1-c1c2ccc(=O)cc-2oc2cc(O)ccc12. The Bertz CT molecular complexity index is 1540. The fraction of sp³-hybridized carbons (Fsp3) is 0.0833. The van der Waals surface area contributed by atoms with Gasteiger partial charge in [-0.3, -0.25) is 10.1 Å². The van der Waals surface area contributed by atoms with E-state index in [2.05, 4.69) is 20.7 Å². The number of carboxylic acid groups (broad SMARTS) is 1. The molecule has 1 aromatic heterocycles. The van der Waals surface area contributed by atoms with Gasteiger partial charge in [0.05, 0.1) is 5.56 Å². The van der Waals surface area contributed by atoms with Crippen LogP contribution in [-0.4, -0.2) is 31.5 Å². The topological polar surface area (TPSA) is 160 Å². The fourth-order valence-corrected chi connectivity index (χ4v) is 3.88. The summed E-state index contributed by atoms with van der Waals surface area (Å²) in [6, 6.07) is 13.3. The lowest BCUT2D eigenvalue weighted by atomic mass is 9.89. The molecule has 3 aromatic rings. The van der Waals surface area contributed by atoms with E-state index in [-0.39, 0.29) is 29.0 Å². The van der Waals surface area contributed by atoms with Gasteiger partial charge in [-0.05, 0) is 41.5 Å². The molecule has 1 unspecified atom stereocenters. The number of carboxylic acids is 1. The fourth-order valence-electron chi connectivity index (χ4n) is 3.88. The van der Waals surface area contributed by atoms with E-state index in [0.29, 0.717) is 38.9 Å². The maximum atomic E-state index is 12.3. The summed E-state index contributed by atoms with van der Waals surface area (Å²) in [5, 5.41) is 44.7. The molecule has 0 fully saturated rings. The minimum Gasteiger partial charge on any atom is -0.508 e. The van der Waals surface area contributed by atoms with Crippen molar-refractivity contribution in [3.63, 3.8) is 0 Å². The van der Waals surface area contributed by atoms with Crippen molar-refractivity contribution in [2.75, 3.05) is 0 Å². The first kappa shape index (κ1) is 21.3. The second-order valence-electron chi connectivity index (χ2n) is 7.63. The van der Waals surface area contributed by atoms with E-state index in [9.17, 15) is 24.9 Å². The first-order valence-corrected chi connectivity index (χ1v) is 10.2. The number of aromatic hydroxyl groups is 1. The van der Waals surface area contributed by atoms with Crippen molar-refractivity contribution in [2.24, 2.45) is 0 Å². The number of aromatic carboxylic acids is 1. The van der Waals surface area contributed by atoms with Crippen LogP contribution >= 0.6 is 0 Å². The smallest absolute Gasteiger partial charge is 0.336 e. The summed E-state index contributed by atoms with van der Waals surface area (Å²) in [6.45, 7) is 0.189. The Morgan fingerprint density at radius 2 is 1.91 bits per heavy atom. The standard InChI is InChI=1S/C24H18N4O6/c29-14-2-5-17-20(8-14)34-21-9-15(30)3-6-18(21)22(17)16-4-1-12(7-19(16)24(32)33)23(31)25-10-13-11-26-28-27-13/h1-9,11,23,25,31H,10H2,(H3,26,27,28,29,30,32,33)/p-1. The van der Waals surface area contributed by atoms with Gasteiger partial charge in [0.2, 0.25) is 0 Å². The number of phenolic OH excluding ortho intramolecular Hbond substituents is 1. The Morgan fingerprint density at radius 3 is 2.68 bits per heavy atom. The molecule has 2 aromatic carbocycles. The summed E-state index contributed by atoms with van der Waals surface area (Å²) in [4.78, 5) is 24.2. The van der Waals surface area contributed by atoms with E-state index >= 15 is 0 Å². The molecular formula is C24H17N4O6-. The molecule has 2 heterocycles. The third-order valence-electron chi connectivity index (χ3n) is 5.44. The minimum atomic E-state index is -1.20. The van der Waals surface area contributed by atoms with Gasteiger partial charge >= 0.3 is 5.97 Å². The quantitative estimate of drug-likeness (QED) is 0.220. The highest BCUT2D eigenvalue weighted by Crippen LogP contribution is 2.42. The molecule has 2 aliphatic rings. The van der Waals surface area contributed by atoms with Crippen molar-refractivity contribution in [1.29, 1.82) is 0 Å². The number of fused-ring (bicyclic) bond motifs is 2. The molecular weight excluding hydrogens is 440 g/mol. The number of phenols is 1. The maximum Gasteiger partial charge on any atom is 0.336 e. The normalized spacial score (nSPS) is 12.3. The second kappa shape index (κ2) is 8.43. The number of aliphatic hydroxyl groups is 1. The number of nitrogens with zero attached hydrogens (tertiary/aromatic N) is 3. The van der Waals surface area contributed by atoms with Gasteiger partial charge in [-0.25, -0.2) is 4.79 Å². The van der Waals surface area contributed by atoms with Gasteiger partial charge in [0.25, 0.3) is 0 Å². The number of aliphatic hydroxyl groups excluding tert-OH is 1. The van der Waals surface area contributed by atoms with Crippen LogP contribution in [0.2, 0.25) is 0 Å². The summed E-state index contributed by atoms with van der Waals surface area (Å²) in [7, 11) is 0. The Labute approximate surface area is 191 Å². The maximum absolute atomic E-state index is 12.3. The molecule has 0 bridgehead atoms. The minimum absolute atomic E-state index is 0.0347. The van der Waals surface area contributed by atoms with Gasteiger partial charge in [-0.1, -0.05) is 12.1 Å². The molecule has 0 radical (unpaired) electrons. The number of hydrogen-bond acceptors (Lipinski definition) is 8. The van der Waals surface area contributed by atoms with E-state index in [1.165, 1.54) is 36.5 Å². The van der Waals surface area contributed by atoms with Crippen LogP contribution in [0, 0.1) is 0 Å². The molecule has 1 aliphatic heterocycles. The van der Waals surface area contributed by atoms with Crippen molar-refractivity contribution >= 4 is 16.9 Å². The zero-order valence-electron chi connectivity index (χ0n) is 17.5. The molecule has 10 heteroatoms. The van der Waals surface area contributed by atoms with E-state index in [0.717, 1.165) is 0 Å². The summed E-state index contributed by atoms with van der Waals surface area (Å²) in [6.07, 6.45) is 0.288. The van der Waals surface area contributed by atoms with Gasteiger partial charge in [-0.15, -0.1) is 0 Å². The van der Waals surface area contributed by atoms with Crippen LogP contribution in [0.1, 0.15) is 27.8 Å². The molecule has 4 N–H and O–H groups in total. The predicted molar refractivity (Wildman–Crippen MR) is 120 cm³/mol. The average Bonchev–Trinajstić information content (AvgIpc) is 3.34. The van der Waals surface area contributed by atoms with Crippen molar-refractivity contribution < 1.29 is 24.5 Å². The molecule has 0 saturated carbocycles. The summed E-state index contributed by atoms with van der Waals surface area (Å²) in [5.74, 6) is -0.976. The number of nitrogens with one attached hydrogen (secondary N) is 1. The van der Waals surface area contributed by atoms with Crippen LogP contribution in [0.4, 0.5) is 0 Å². The molecule has 0 saturated heterocycles. The molecule has 1 aliphatic carbocycles. The van der Waals surface area contributed by atoms with Crippen LogP contribution in [0.3, 0.4) is 0 Å². The highest BCUT2D eigenvalue weighted by Gasteiger charge is 2.23. The van der Waals surface area contributed by atoms with Gasteiger partial charge in [0.15, 0.2) is 5.43 Å². The average molecular weight is 457 g/mol.